The third-order valence-electron chi connectivity index (χ3n) is 2.82. The van der Waals surface area contributed by atoms with Gasteiger partial charge in [-0.15, -0.1) is 0 Å². The molecular weight excluding hydrogens is 370 g/mol. The summed E-state index contributed by atoms with van der Waals surface area (Å²) in [5.41, 5.74) is 0.126. The van der Waals surface area contributed by atoms with Crippen molar-refractivity contribution in [1.29, 1.82) is 0 Å². The monoisotopic (exact) mass is 385 g/mol. The van der Waals surface area contributed by atoms with Crippen molar-refractivity contribution >= 4 is 31.6 Å². The van der Waals surface area contributed by atoms with E-state index in [2.05, 4.69) is 20.7 Å². The van der Waals surface area contributed by atoms with Gasteiger partial charge in [0.15, 0.2) is 0 Å². The number of benzene rings is 2. The van der Waals surface area contributed by atoms with Crippen molar-refractivity contribution < 1.29 is 18.3 Å². The minimum atomic E-state index is -3.81. The van der Waals surface area contributed by atoms with Crippen LogP contribution in [0.1, 0.15) is 13.3 Å². The Hall–Kier alpha value is -1.73. The molecule has 2 rings (SSSR count). The van der Waals surface area contributed by atoms with Crippen LogP contribution in [-0.4, -0.2) is 20.1 Å². The van der Waals surface area contributed by atoms with Gasteiger partial charge in [0, 0.05) is 6.07 Å². The van der Waals surface area contributed by atoms with Gasteiger partial charge in [-0.1, -0.05) is 19.1 Å². The molecule has 118 valence electrons. The lowest BCUT2D eigenvalue weighted by molar-refractivity contribution is 0.314. The number of phenolic OH excluding ortho intramolecular Hbond substituents is 1. The van der Waals surface area contributed by atoms with Crippen LogP contribution < -0.4 is 9.46 Å². The molecule has 0 spiro atoms. The Morgan fingerprint density at radius 2 is 1.95 bits per heavy atom. The molecule has 0 amide bonds. The predicted octanol–water partition coefficient (Wildman–Crippen LogP) is 3.74. The Kier molecular flexibility index (Phi) is 5.31. The highest BCUT2D eigenvalue weighted by Crippen LogP contribution is 2.30. The van der Waals surface area contributed by atoms with Gasteiger partial charge in [-0.2, -0.15) is 0 Å². The Morgan fingerprint density at radius 3 is 2.64 bits per heavy atom. The number of rotatable bonds is 6. The zero-order valence-corrected chi connectivity index (χ0v) is 14.3. The van der Waals surface area contributed by atoms with Crippen molar-refractivity contribution in [3.63, 3.8) is 0 Å². The average molecular weight is 386 g/mol. The minimum Gasteiger partial charge on any atom is -0.506 e. The van der Waals surface area contributed by atoms with Gasteiger partial charge in [0.05, 0.1) is 21.7 Å². The first kappa shape index (κ1) is 16.6. The zero-order valence-electron chi connectivity index (χ0n) is 11.9. The van der Waals surface area contributed by atoms with Gasteiger partial charge in [0.1, 0.15) is 11.5 Å². The van der Waals surface area contributed by atoms with Crippen LogP contribution in [0.4, 0.5) is 5.69 Å². The fourth-order valence-corrected chi connectivity index (χ4v) is 3.19. The maximum absolute atomic E-state index is 12.4. The zero-order chi connectivity index (χ0) is 16.2. The summed E-state index contributed by atoms with van der Waals surface area (Å²) in [6.45, 7) is 2.46. The highest BCUT2D eigenvalue weighted by molar-refractivity contribution is 9.10. The normalized spacial score (nSPS) is 11.2. The summed E-state index contributed by atoms with van der Waals surface area (Å²) in [4.78, 5) is 0.0602. The number of aromatic hydroxyl groups is 1. The van der Waals surface area contributed by atoms with Gasteiger partial charge in [0.25, 0.3) is 10.0 Å². The van der Waals surface area contributed by atoms with E-state index in [1.54, 1.807) is 18.2 Å². The Labute approximate surface area is 138 Å². The van der Waals surface area contributed by atoms with Crippen molar-refractivity contribution in [3.05, 3.63) is 46.9 Å². The second kappa shape index (κ2) is 7.02. The van der Waals surface area contributed by atoms with E-state index in [0.717, 1.165) is 6.42 Å². The first-order valence-electron chi connectivity index (χ1n) is 6.67. The largest absolute Gasteiger partial charge is 0.506 e. The van der Waals surface area contributed by atoms with E-state index in [0.29, 0.717) is 16.8 Å². The minimum absolute atomic E-state index is 0.0602. The summed E-state index contributed by atoms with van der Waals surface area (Å²) in [6, 6.07) is 10.7. The molecule has 0 bridgehead atoms. The molecule has 7 heteroatoms. The SMILES string of the molecule is CCCOc1cc(S(=O)(=O)Nc2ccccc2O)ccc1Br. The van der Waals surface area contributed by atoms with Crippen LogP contribution in [0.5, 0.6) is 11.5 Å². The Bertz CT molecular complexity index is 762. The second-order valence-corrected chi connectivity index (χ2v) is 7.10. The number of ether oxygens (including phenoxy) is 1. The molecule has 5 nitrogen and oxygen atoms in total. The van der Waals surface area contributed by atoms with Crippen LogP contribution in [0.15, 0.2) is 51.8 Å². The molecule has 0 radical (unpaired) electrons. The summed E-state index contributed by atoms with van der Waals surface area (Å²) in [5.74, 6) is 0.327. The molecule has 2 N–H and O–H groups in total. The summed E-state index contributed by atoms with van der Waals surface area (Å²) in [6.07, 6.45) is 0.819. The molecule has 0 saturated carbocycles. The number of sulfonamides is 1. The quantitative estimate of drug-likeness (QED) is 0.742. The van der Waals surface area contributed by atoms with Gasteiger partial charge in [-0.05, 0) is 46.6 Å². The molecule has 0 heterocycles. The van der Waals surface area contributed by atoms with Crippen molar-refractivity contribution in [3.8, 4) is 11.5 Å². The molecular formula is C15H16BrNO4S. The topological polar surface area (TPSA) is 75.6 Å². The summed E-state index contributed by atoms with van der Waals surface area (Å²) < 4.78 is 33.3. The number of phenols is 1. The Morgan fingerprint density at radius 1 is 1.23 bits per heavy atom. The van der Waals surface area contributed by atoms with Crippen LogP contribution in [0.25, 0.3) is 0 Å². The fraction of sp³-hybridized carbons (Fsp3) is 0.200. The lowest BCUT2D eigenvalue weighted by Crippen LogP contribution is -2.13. The maximum atomic E-state index is 12.4. The van der Waals surface area contributed by atoms with Crippen LogP contribution in [0, 0.1) is 0 Å². The van der Waals surface area contributed by atoms with Crippen molar-refractivity contribution in [2.75, 3.05) is 11.3 Å². The van der Waals surface area contributed by atoms with Gasteiger partial charge >= 0.3 is 0 Å². The summed E-state index contributed by atoms with van der Waals surface area (Å²) in [5, 5.41) is 9.68. The molecule has 22 heavy (non-hydrogen) atoms. The molecule has 0 aliphatic rings. The van der Waals surface area contributed by atoms with Gasteiger partial charge in [-0.3, -0.25) is 4.72 Å². The van der Waals surface area contributed by atoms with E-state index in [1.165, 1.54) is 24.3 Å². The summed E-state index contributed by atoms with van der Waals surface area (Å²) in [7, 11) is -3.81. The van der Waals surface area contributed by atoms with Crippen LogP contribution in [0.2, 0.25) is 0 Å². The molecule has 0 unspecified atom stereocenters. The molecule has 2 aromatic rings. The highest BCUT2D eigenvalue weighted by Gasteiger charge is 2.17. The first-order valence-corrected chi connectivity index (χ1v) is 8.95. The maximum Gasteiger partial charge on any atom is 0.262 e. The van der Waals surface area contributed by atoms with Crippen molar-refractivity contribution in [2.45, 2.75) is 18.2 Å². The number of nitrogens with one attached hydrogen (secondary N) is 1. The summed E-state index contributed by atoms with van der Waals surface area (Å²) >= 11 is 3.33. The van der Waals surface area contributed by atoms with E-state index >= 15 is 0 Å². The van der Waals surface area contributed by atoms with E-state index < -0.39 is 10.0 Å². The Balaban J connectivity index is 2.31. The predicted molar refractivity (Wildman–Crippen MR) is 88.8 cm³/mol. The van der Waals surface area contributed by atoms with Crippen molar-refractivity contribution in [1.82, 2.24) is 0 Å². The van der Waals surface area contributed by atoms with E-state index in [4.69, 9.17) is 4.74 Å². The van der Waals surface area contributed by atoms with Gasteiger partial charge in [0.2, 0.25) is 0 Å². The number of para-hydroxylation sites is 2. The standard InChI is InChI=1S/C15H16BrNO4S/c1-2-9-21-15-10-11(7-8-12(15)16)22(19,20)17-13-5-3-4-6-14(13)18/h3-8,10,17-18H,2,9H2,1H3. The van der Waals surface area contributed by atoms with Crippen LogP contribution in [-0.2, 0) is 10.0 Å². The average Bonchev–Trinajstić information content (AvgIpc) is 2.48. The molecule has 0 atom stereocenters. The van der Waals surface area contributed by atoms with Crippen LogP contribution in [0.3, 0.4) is 0 Å². The number of anilines is 1. The molecule has 0 saturated heterocycles. The molecule has 2 aromatic carbocycles. The second-order valence-electron chi connectivity index (χ2n) is 4.56. The smallest absolute Gasteiger partial charge is 0.262 e. The highest BCUT2D eigenvalue weighted by atomic mass is 79.9. The number of hydrogen-bond donors (Lipinski definition) is 2. The fourth-order valence-electron chi connectivity index (χ4n) is 1.74. The van der Waals surface area contributed by atoms with Gasteiger partial charge in [-0.25, -0.2) is 8.42 Å². The molecule has 0 fully saturated rings. The molecule has 0 aromatic heterocycles. The van der Waals surface area contributed by atoms with Gasteiger partial charge < -0.3 is 9.84 Å². The third-order valence-corrected chi connectivity index (χ3v) is 4.84. The third kappa shape index (κ3) is 3.92. The lowest BCUT2D eigenvalue weighted by atomic mass is 10.3. The molecule has 0 aliphatic carbocycles. The van der Waals surface area contributed by atoms with Crippen molar-refractivity contribution in [2.24, 2.45) is 0 Å². The molecule has 0 aliphatic heterocycles. The van der Waals surface area contributed by atoms with E-state index in [-0.39, 0.29) is 16.3 Å². The van der Waals surface area contributed by atoms with Crippen LogP contribution >= 0.6 is 15.9 Å². The number of halogens is 1. The first-order chi connectivity index (χ1) is 10.4. The van der Waals surface area contributed by atoms with E-state index in [1.807, 2.05) is 6.92 Å². The lowest BCUT2D eigenvalue weighted by Gasteiger charge is -2.12. The number of hydrogen-bond acceptors (Lipinski definition) is 4. The van der Waals surface area contributed by atoms with E-state index in [9.17, 15) is 13.5 Å².